The molecule has 6 nitrogen and oxygen atoms in total. The molecule has 0 aromatic heterocycles. The van der Waals surface area contributed by atoms with Gasteiger partial charge in [-0.3, -0.25) is 4.79 Å². The van der Waals surface area contributed by atoms with Crippen molar-refractivity contribution in [3.63, 3.8) is 0 Å². The van der Waals surface area contributed by atoms with E-state index in [1.54, 1.807) is 24.3 Å². The molecule has 0 spiro atoms. The number of ether oxygens (including phenoxy) is 1. The van der Waals surface area contributed by atoms with E-state index in [9.17, 15) is 4.79 Å². The first-order valence-electron chi connectivity index (χ1n) is 7.24. The lowest BCUT2D eigenvalue weighted by Crippen LogP contribution is -2.28. The Morgan fingerprint density at radius 2 is 2.00 bits per heavy atom. The van der Waals surface area contributed by atoms with Crippen molar-refractivity contribution in [1.29, 1.82) is 0 Å². The highest BCUT2D eigenvalue weighted by molar-refractivity contribution is 5.98. The van der Waals surface area contributed by atoms with E-state index in [2.05, 4.69) is 15.3 Å². The van der Waals surface area contributed by atoms with Gasteiger partial charge in [0.25, 0.3) is 5.91 Å². The summed E-state index contributed by atoms with van der Waals surface area (Å²) in [4.78, 5) is 14.8. The molecule has 0 aliphatic rings. The Bertz CT molecular complexity index is 752. The van der Waals surface area contributed by atoms with Crippen LogP contribution in [0, 0.1) is 13.8 Å². The van der Waals surface area contributed by atoms with E-state index in [1.807, 2.05) is 32.0 Å². The van der Waals surface area contributed by atoms with E-state index in [-0.39, 0.29) is 5.91 Å². The number of amides is 1. The maximum absolute atomic E-state index is 12.1. The zero-order valence-corrected chi connectivity index (χ0v) is 13.1. The summed E-state index contributed by atoms with van der Waals surface area (Å²) in [5.41, 5.74) is 11.5. The van der Waals surface area contributed by atoms with Crippen molar-refractivity contribution in [2.45, 2.75) is 13.8 Å². The highest BCUT2D eigenvalue weighted by atomic mass is 16.5. The van der Waals surface area contributed by atoms with Crippen LogP contribution in [-0.4, -0.2) is 19.1 Å². The summed E-state index contributed by atoms with van der Waals surface area (Å²) in [6.07, 6.45) is 0. The van der Waals surface area contributed by atoms with Crippen LogP contribution >= 0.6 is 0 Å². The lowest BCUT2D eigenvalue weighted by Gasteiger charge is -2.10. The molecule has 1 amide bonds. The lowest BCUT2D eigenvalue weighted by molar-refractivity contribution is 0.0947. The third-order valence-electron chi connectivity index (χ3n) is 3.44. The van der Waals surface area contributed by atoms with Crippen molar-refractivity contribution in [2.75, 3.05) is 13.2 Å². The largest absolute Gasteiger partial charge is 0.492 e. The topological polar surface area (TPSA) is 87.1 Å². The van der Waals surface area contributed by atoms with E-state index >= 15 is 0 Å². The summed E-state index contributed by atoms with van der Waals surface area (Å²) in [5.74, 6) is 0.480. The van der Waals surface area contributed by atoms with Gasteiger partial charge in [0.05, 0.1) is 12.2 Å². The molecule has 2 aromatic rings. The van der Waals surface area contributed by atoms with Gasteiger partial charge >= 0.3 is 0 Å². The summed E-state index contributed by atoms with van der Waals surface area (Å²) >= 11 is 0. The molecule has 2 rings (SSSR count). The van der Waals surface area contributed by atoms with E-state index in [0.29, 0.717) is 24.4 Å². The first-order chi connectivity index (χ1) is 11.1. The molecule has 23 heavy (non-hydrogen) atoms. The van der Waals surface area contributed by atoms with Gasteiger partial charge in [-0.05, 0) is 48.7 Å². The van der Waals surface area contributed by atoms with Crippen LogP contribution in [-0.2, 0) is 0 Å². The molecule has 0 aliphatic carbocycles. The summed E-state index contributed by atoms with van der Waals surface area (Å²) in [5, 5.41) is 6.26. The Morgan fingerprint density at radius 1 is 1.22 bits per heavy atom. The number of benzene rings is 2. The monoisotopic (exact) mass is 310 g/mol. The Labute approximate surface area is 134 Å². The van der Waals surface area contributed by atoms with Crippen LogP contribution in [0.1, 0.15) is 21.5 Å². The average Bonchev–Trinajstić information content (AvgIpc) is 2.55. The number of carbonyl (C=O) groups is 1. The van der Waals surface area contributed by atoms with Crippen LogP contribution in [0.4, 0.5) is 5.69 Å². The van der Waals surface area contributed by atoms with Gasteiger partial charge in [0.2, 0.25) is 0 Å². The molecule has 0 saturated carbocycles. The molecule has 0 radical (unpaired) electrons. The number of aryl methyl sites for hydroxylation is 2. The summed E-state index contributed by atoms with van der Waals surface area (Å²) in [6, 6.07) is 12.5. The zero-order valence-electron chi connectivity index (χ0n) is 13.1. The second-order valence-electron chi connectivity index (χ2n) is 5.06. The lowest BCUT2D eigenvalue weighted by atomic mass is 10.1. The number of hydrogen-bond acceptors (Lipinski definition) is 3. The predicted octanol–water partition coefficient (Wildman–Crippen LogP) is 4.05. The predicted molar refractivity (Wildman–Crippen MR) is 89.0 cm³/mol. The number of nitrogens with one attached hydrogen (secondary N) is 1. The van der Waals surface area contributed by atoms with Gasteiger partial charge in [-0.1, -0.05) is 29.4 Å². The highest BCUT2D eigenvalue weighted by Crippen LogP contribution is 2.18. The molecule has 0 atom stereocenters. The van der Waals surface area contributed by atoms with Gasteiger partial charge in [-0.25, -0.2) is 0 Å². The zero-order chi connectivity index (χ0) is 16.7. The van der Waals surface area contributed by atoms with Crippen molar-refractivity contribution in [3.8, 4) is 5.75 Å². The van der Waals surface area contributed by atoms with Crippen LogP contribution in [0.15, 0.2) is 47.6 Å². The molecule has 6 heteroatoms. The Morgan fingerprint density at radius 3 is 2.74 bits per heavy atom. The summed E-state index contributed by atoms with van der Waals surface area (Å²) < 4.78 is 5.61. The fourth-order valence-corrected chi connectivity index (χ4v) is 2.03. The number of rotatable bonds is 6. The van der Waals surface area contributed by atoms with Crippen LogP contribution in [0.25, 0.3) is 10.4 Å². The van der Waals surface area contributed by atoms with Gasteiger partial charge in [0, 0.05) is 10.5 Å². The van der Waals surface area contributed by atoms with Gasteiger partial charge in [0.15, 0.2) is 0 Å². The Hall–Kier alpha value is -2.98. The van der Waals surface area contributed by atoms with Crippen LogP contribution in [0.2, 0.25) is 0 Å². The summed E-state index contributed by atoms with van der Waals surface area (Å²) in [6.45, 7) is 4.78. The molecular formula is C17H18N4O2. The van der Waals surface area contributed by atoms with Crippen LogP contribution in [0.3, 0.4) is 0 Å². The van der Waals surface area contributed by atoms with Crippen molar-refractivity contribution >= 4 is 11.6 Å². The maximum Gasteiger partial charge on any atom is 0.251 e. The second-order valence-corrected chi connectivity index (χ2v) is 5.06. The molecule has 0 heterocycles. The van der Waals surface area contributed by atoms with E-state index in [0.717, 1.165) is 11.3 Å². The number of carbonyl (C=O) groups excluding carboxylic acids is 1. The third-order valence-corrected chi connectivity index (χ3v) is 3.44. The average molecular weight is 310 g/mol. The standard InChI is InChI=1S/C17H18N4O2/c1-12-7-8-14(11-13(12)2)23-10-9-19-17(22)15-5-3-4-6-16(15)20-21-18/h3-8,11H,9-10H2,1-2H3,(H,19,22). The normalized spacial score (nSPS) is 9.83. The minimum atomic E-state index is -0.295. The first-order valence-corrected chi connectivity index (χ1v) is 7.24. The van der Waals surface area contributed by atoms with Gasteiger partial charge in [0.1, 0.15) is 12.4 Å². The molecule has 118 valence electrons. The van der Waals surface area contributed by atoms with Crippen molar-refractivity contribution in [2.24, 2.45) is 5.11 Å². The SMILES string of the molecule is Cc1ccc(OCCNC(=O)c2ccccc2N=[N+]=[N-])cc1C. The summed E-state index contributed by atoms with van der Waals surface area (Å²) in [7, 11) is 0. The van der Waals surface area contributed by atoms with Crippen LogP contribution in [0.5, 0.6) is 5.75 Å². The molecule has 0 saturated heterocycles. The maximum atomic E-state index is 12.1. The molecule has 0 bridgehead atoms. The molecule has 0 unspecified atom stereocenters. The fourth-order valence-electron chi connectivity index (χ4n) is 2.03. The van der Waals surface area contributed by atoms with Crippen molar-refractivity contribution in [3.05, 3.63) is 69.6 Å². The molecule has 1 N–H and O–H groups in total. The van der Waals surface area contributed by atoms with Crippen LogP contribution < -0.4 is 10.1 Å². The molecule has 2 aromatic carbocycles. The van der Waals surface area contributed by atoms with Gasteiger partial charge in [-0.15, -0.1) is 0 Å². The number of nitrogens with zero attached hydrogens (tertiary/aromatic N) is 3. The molecular weight excluding hydrogens is 292 g/mol. The van der Waals surface area contributed by atoms with Crippen molar-refractivity contribution in [1.82, 2.24) is 5.32 Å². The second kappa shape index (κ2) is 7.87. The van der Waals surface area contributed by atoms with Crippen molar-refractivity contribution < 1.29 is 9.53 Å². The fraction of sp³-hybridized carbons (Fsp3) is 0.235. The minimum absolute atomic E-state index is 0.295. The van der Waals surface area contributed by atoms with Gasteiger partial charge in [-0.2, -0.15) is 0 Å². The quantitative estimate of drug-likeness (QED) is 0.377. The van der Waals surface area contributed by atoms with E-state index in [1.165, 1.54) is 5.56 Å². The smallest absolute Gasteiger partial charge is 0.251 e. The minimum Gasteiger partial charge on any atom is -0.492 e. The Kier molecular flexibility index (Phi) is 5.61. The number of hydrogen-bond donors (Lipinski definition) is 1. The molecule has 0 fully saturated rings. The highest BCUT2D eigenvalue weighted by Gasteiger charge is 2.09. The first kappa shape index (κ1) is 16.4. The van der Waals surface area contributed by atoms with E-state index in [4.69, 9.17) is 10.3 Å². The molecule has 0 aliphatic heterocycles. The Balaban J connectivity index is 1.88. The van der Waals surface area contributed by atoms with E-state index < -0.39 is 0 Å². The third kappa shape index (κ3) is 4.49. The number of azide groups is 1. The van der Waals surface area contributed by atoms with Gasteiger partial charge < -0.3 is 10.1 Å².